The third kappa shape index (κ3) is 3.16. The molecule has 6 heteroatoms. The van der Waals surface area contributed by atoms with Crippen molar-refractivity contribution in [3.05, 3.63) is 58.1 Å². The second-order valence-corrected chi connectivity index (χ2v) is 4.76. The maximum absolute atomic E-state index is 11.0. The van der Waals surface area contributed by atoms with Gasteiger partial charge in [-0.05, 0) is 42.7 Å². The van der Waals surface area contributed by atoms with Crippen molar-refractivity contribution in [2.45, 2.75) is 4.90 Å². The van der Waals surface area contributed by atoms with Gasteiger partial charge in [-0.25, -0.2) is 0 Å². The molecule has 0 aliphatic carbocycles. The van der Waals surface area contributed by atoms with Gasteiger partial charge >= 0.3 is 5.69 Å². The molecular formula is C14H11NO4S. The van der Waals surface area contributed by atoms with Crippen molar-refractivity contribution in [1.82, 2.24) is 0 Å². The molecule has 0 heterocycles. The molecule has 5 nitrogen and oxygen atoms in total. The van der Waals surface area contributed by atoms with Crippen LogP contribution in [0.15, 0.2) is 47.4 Å². The van der Waals surface area contributed by atoms with Crippen LogP contribution in [0.25, 0.3) is 0 Å². The number of hydrogen-bond donors (Lipinski definition) is 0. The van der Waals surface area contributed by atoms with Crippen LogP contribution in [0, 0.1) is 10.1 Å². The topological polar surface area (TPSA) is 69.4 Å². The molecule has 0 spiro atoms. The summed E-state index contributed by atoms with van der Waals surface area (Å²) in [5.41, 5.74) is 0.00493. The summed E-state index contributed by atoms with van der Waals surface area (Å²) in [6, 6.07) is 11.3. The summed E-state index contributed by atoms with van der Waals surface area (Å²) < 4.78 is 5.50. The predicted molar refractivity (Wildman–Crippen MR) is 76.8 cm³/mol. The zero-order chi connectivity index (χ0) is 14.5. The molecule has 0 saturated heterocycles. The van der Waals surface area contributed by atoms with E-state index in [4.69, 9.17) is 4.74 Å². The number of nitro groups is 1. The SMILES string of the molecule is CSc1ccc(Oc2ccc(C=O)cc2[N+](=O)[O-])cc1. The maximum atomic E-state index is 11.0. The lowest BCUT2D eigenvalue weighted by Crippen LogP contribution is -1.95. The van der Waals surface area contributed by atoms with E-state index in [1.165, 1.54) is 18.2 Å². The van der Waals surface area contributed by atoms with Gasteiger partial charge in [0.15, 0.2) is 0 Å². The summed E-state index contributed by atoms with van der Waals surface area (Å²) in [6.07, 6.45) is 2.52. The second kappa shape index (κ2) is 6.21. The van der Waals surface area contributed by atoms with Crippen molar-refractivity contribution in [3.8, 4) is 11.5 Å². The summed E-state index contributed by atoms with van der Waals surface area (Å²) in [5, 5.41) is 11.0. The van der Waals surface area contributed by atoms with E-state index in [1.54, 1.807) is 23.9 Å². The van der Waals surface area contributed by atoms with Crippen LogP contribution in [0.2, 0.25) is 0 Å². The molecule has 0 aliphatic rings. The molecule has 0 radical (unpaired) electrons. The minimum Gasteiger partial charge on any atom is -0.450 e. The molecule has 0 fully saturated rings. The first-order valence-corrected chi connectivity index (χ1v) is 6.92. The first kappa shape index (κ1) is 14.1. The smallest absolute Gasteiger partial charge is 0.312 e. The van der Waals surface area contributed by atoms with E-state index < -0.39 is 4.92 Å². The number of nitrogens with zero attached hydrogens (tertiary/aromatic N) is 1. The Morgan fingerprint density at radius 3 is 2.45 bits per heavy atom. The Morgan fingerprint density at radius 1 is 1.20 bits per heavy atom. The van der Waals surface area contributed by atoms with Crippen LogP contribution in [0.5, 0.6) is 11.5 Å². The summed E-state index contributed by atoms with van der Waals surface area (Å²) in [5.74, 6) is 0.613. The molecule has 20 heavy (non-hydrogen) atoms. The van der Waals surface area contributed by atoms with Crippen molar-refractivity contribution >= 4 is 23.7 Å². The highest BCUT2D eigenvalue weighted by atomic mass is 32.2. The molecule has 0 bridgehead atoms. The van der Waals surface area contributed by atoms with Crippen LogP contribution in [-0.4, -0.2) is 17.5 Å². The van der Waals surface area contributed by atoms with Gasteiger partial charge < -0.3 is 4.74 Å². The summed E-state index contributed by atoms with van der Waals surface area (Å²) in [4.78, 5) is 22.1. The lowest BCUT2D eigenvalue weighted by atomic mass is 10.2. The summed E-state index contributed by atoms with van der Waals surface area (Å²) in [7, 11) is 0. The highest BCUT2D eigenvalue weighted by Gasteiger charge is 2.16. The van der Waals surface area contributed by atoms with Crippen LogP contribution < -0.4 is 4.74 Å². The van der Waals surface area contributed by atoms with Crippen molar-refractivity contribution in [3.63, 3.8) is 0 Å². The van der Waals surface area contributed by atoms with Crippen molar-refractivity contribution < 1.29 is 14.5 Å². The van der Waals surface area contributed by atoms with E-state index in [0.717, 1.165) is 4.90 Å². The van der Waals surface area contributed by atoms with Gasteiger partial charge in [0.25, 0.3) is 0 Å². The normalized spacial score (nSPS) is 10.1. The Hall–Kier alpha value is -2.34. The van der Waals surface area contributed by atoms with Gasteiger partial charge in [0.1, 0.15) is 12.0 Å². The van der Waals surface area contributed by atoms with Gasteiger partial charge in [0.05, 0.1) is 4.92 Å². The fraction of sp³-hybridized carbons (Fsp3) is 0.0714. The van der Waals surface area contributed by atoms with E-state index in [9.17, 15) is 14.9 Å². The van der Waals surface area contributed by atoms with Gasteiger partial charge in [-0.3, -0.25) is 14.9 Å². The Bertz CT molecular complexity index is 640. The number of thioether (sulfide) groups is 1. The zero-order valence-corrected chi connectivity index (χ0v) is 11.4. The number of aldehydes is 1. The van der Waals surface area contributed by atoms with E-state index in [0.29, 0.717) is 12.0 Å². The van der Waals surface area contributed by atoms with Gasteiger partial charge in [0.2, 0.25) is 5.75 Å². The zero-order valence-electron chi connectivity index (χ0n) is 10.6. The average Bonchev–Trinajstić information content (AvgIpc) is 2.48. The number of rotatable bonds is 5. The number of carbonyl (C=O) groups is 1. The monoisotopic (exact) mass is 289 g/mol. The standard InChI is InChI=1S/C14H11NO4S/c1-20-12-5-3-11(4-6-12)19-14-7-2-10(9-16)8-13(14)15(17)18/h2-9H,1H3. The van der Waals surface area contributed by atoms with E-state index in [1.807, 2.05) is 18.4 Å². The van der Waals surface area contributed by atoms with Crippen LogP contribution >= 0.6 is 11.8 Å². The van der Waals surface area contributed by atoms with Gasteiger partial charge in [-0.15, -0.1) is 11.8 Å². The molecule has 2 aromatic rings. The first-order chi connectivity index (χ1) is 9.63. The molecule has 0 saturated carbocycles. The Balaban J connectivity index is 2.32. The van der Waals surface area contributed by atoms with E-state index >= 15 is 0 Å². The second-order valence-electron chi connectivity index (χ2n) is 3.88. The van der Waals surface area contributed by atoms with Crippen molar-refractivity contribution in [2.24, 2.45) is 0 Å². The molecule has 102 valence electrons. The third-order valence-corrected chi connectivity index (χ3v) is 3.35. The molecule has 0 atom stereocenters. The predicted octanol–water partition coefficient (Wildman–Crippen LogP) is 3.92. The van der Waals surface area contributed by atoms with Crippen LogP contribution in [0.3, 0.4) is 0 Å². The van der Waals surface area contributed by atoms with Gasteiger partial charge in [-0.2, -0.15) is 0 Å². The highest BCUT2D eigenvalue weighted by Crippen LogP contribution is 2.32. The molecule has 0 N–H and O–H groups in total. The fourth-order valence-corrected chi connectivity index (χ4v) is 2.02. The number of benzene rings is 2. The van der Waals surface area contributed by atoms with Crippen molar-refractivity contribution in [1.29, 1.82) is 0 Å². The highest BCUT2D eigenvalue weighted by molar-refractivity contribution is 7.98. The quantitative estimate of drug-likeness (QED) is 0.361. The number of carbonyl (C=O) groups excluding carboxylic acids is 1. The van der Waals surface area contributed by atoms with Crippen molar-refractivity contribution in [2.75, 3.05) is 6.26 Å². The Kier molecular flexibility index (Phi) is 4.37. The minimum absolute atomic E-state index is 0.109. The van der Waals surface area contributed by atoms with Gasteiger partial charge in [0, 0.05) is 16.5 Å². The first-order valence-electron chi connectivity index (χ1n) is 5.69. The van der Waals surface area contributed by atoms with E-state index in [2.05, 4.69) is 0 Å². The molecule has 0 aromatic heterocycles. The fourth-order valence-electron chi connectivity index (χ4n) is 1.61. The van der Waals surface area contributed by atoms with E-state index in [-0.39, 0.29) is 17.0 Å². The molecular weight excluding hydrogens is 278 g/mol. The maximum Gasteiger partial charge on any atom is 0.312 e. The largest absolute Gasteiger partial charge is 0.450 e. The lowest BCUT2D eigenvalue weighted by Gasteiger charge is -2.07. The summed E-state index contributed by atoms with van der Waals surface area (Å²) in [6.45, 7) is 0. The minimum atomic E-state index is -0.571. The van der Waals surface area contributed by atoms with Crippen LogP contribution in [0.1, 0.15) is 10.4 Å². The molecule has 0 unspecified atom stereocenters. The summed E-state index contributed by atoms with van der Waals surface area (Å²) >= 11 is 1.59. The number of ether oxygens (including phenoxy) is 1. The average molecular weight is 289 g/mol. The molecule has 2 rings (SSSR count). The molecule has 0 amide bonds. The Labute approximate surface area is 119 Å². The van der Waals surface area contributed by atoms with Crippen LogP contribution in [0.4, 0.5) is 5.69 Å². The molecule has 0 aliphatic heterocycles. The number of hydrogen-bond acceptors (Lipinski definition) is 5. The lowest BCUT2D eigenvalue weighted by molar-refractivity contribution is -0.385. The third-order valence-electron chi connectivity index (χ3n) is 2.60. The number of nitro benzene ring substituents is 1. The van der Waals surface area contributed by atoms with Gasteiger partial charge in [-0.1, -0.05) is 0 Å². The Morgan fingerprint density at radius 2 is 1.90 bits per heavy atom. The molecule has 2 aromatic carbocycles. The van der Waals surface area contributed by atoms with Crippen LogP contribution in [-0.2, 0) is 0 Å².